The number of carbonyl (C=O) groups is 2. The summed E-state index contributed by atoms with van der Waals surface area (Å²) in [6.45, 7) is 1.88. The Bertz CT molecular complexity index is 1090. The molecule has 3 saturated carbocycles. The number of hydrogen-bond donors (Lipinski definition) is 3. The Hall–Kier alpha value is -2.45. The third-order valence-corrected chi connectivity index (χ3v) is 7.75. The summed E-state index contributed by atoms with van der Waals surface area (Å²) < 4.78 is 18.9. The zero-order valence-electron chi connectivity index (χ0n) is 17.4. The number of nitrogens with one attached hydrogen (secondary N) is 3. The SMILES string of the molecule is CC1Nc2ccc(C(=O)NC34CC(C3)C(NC(=O)COc3ccc(Cl)c(F)c3)C4)cc2S1. The number of ether oxygens (including phenoxy) is 1. The maximum Gasteiger partial charge on any atom is 0.258 e. The molecule has 3 aliphatic carbocycles. The van der Waals surface area contributed by atoms with E-state index in [9.17, 15) is 14.0 Å². The molecule has 2 aromatic carbocycles. The van der Waals surface area contributed by atoms with Gasteiger partial charge in [0.25, 0.3) is 11.8 Å². The molecule has 32 heavy (non-hydrogen) atoms. The fourth-order valence-electron chi connectivity index (χ4n) is 4.90. The van der Waals surface area contributed by atoms with Crippen molar-refractivity contribution in [2.24, 2.45) is 5.92 Å². The van der Waals surface area contributed by atoms with Gasteiger partial charge in [0.1, 0.15) is 11.6 Å². The van der Waals surface area contributed by atoms with Gasteiger partial charge in [0.15, 0.2) is 6.61 Å². The summed E-state index contributed by atoms with van der Waals surface area (Å²) >= 11 is 7.36. The molecule has 0 spiro atoms. The molecule has 2 atom stereocenters. The number of benzene rings is 2. The van der Waals surface area contributed by atoms with Crippen LogP contribution in [0.2, 0.25) is 5.02 Å². The van der Waals surface area contributed by atoms with Gasteiger partial charge in [-0.05, 0) is 62.4 Å². The Labute approximate surface area is 194 Å². The lowest BCUT2D eigenvalue weighted by molar-refractivity contribution is -0.124. The van der Waals surface area contributed by atoms with Crippen LogP contribution in [-0.2, 0) is 4.79 Å². The van der Waals surface area contributed by atoms with Gasteiger partial charge in [-0.1, -0.05) is 23.4 Å². The molecule has 168 valence electrons. The zero-order chi connectivity index (χ0) is 22.5. The molecule has 2 unspecified atom stereocenters. The highest BCUT2D eigenvalue weighted by molar-refractivity contribution is 8.00. The van der Waals surface area contributed by atoms with Crippen molar-refractivity contribution in [3.63, 3.8) is 0 Å². The van der Waals surface area contributed by atoms with E-state index in [0.717, 1.165) is 29.5 Å². The second-order valence-corrected chi connectivity index (χ2v) is 10.6. The standard InChI is InChI=1S/C23H23ClFN3O3S/c1-12-26-18-5-2-13(6-20(18)32-12)22(30)28-23-8-14(9-23)19(10-23)27-21(29)11-31-15-3-4-16(24)17(25)7-15/h2-7,12,14,19,26H,8-11H2,1H3,(H,27,29)(H,28,30). The minimum atomic E-state index is -0.591. The van der Waals surface area contributed by atoms with Crippen LogP contribution in [-0.4, -0.2) is 35.4 Å². The number of fused-ring (bicyclic) bond motifs is 2. The van der Waals surface area contributed by atoms with Crippen LogP contribution in [0.15, 0.2) is 41.3 Å². The van der Waals surface area contributed by atoms with Crippen LogP contribution in [0, 0.1) is 11.7 Å². The first kappa shape index (κ1) is 21.4. The highest BCUT2D eigenvalue weighted by Crippen LogP contribution is 2.52. The normalized spacial score (nSPS) is 27.2. The molecular weight excluding hydrogens is 453 g/mol. The fraction of sp³-hybridized carbons (Fsp3) is 0.391. The largest absolute Gasteiger partial charge is 0.484 e. The van der Waals surface area contributed by atoms with Crippen LogP contribution in [0.1, 0.15) is 36.5 Å². The predicted molar refractivity (Wildman–Crippen MR) is 122 cm³/mol. The van der Waals surface area contributed by atoms with Crippen molar-refractivity contribution in [2.45, 2.75) is 48.0 Å². The lowest BCUT2D eigenvalue weighted by atomic mass is 9.76. The zero-order valence-corrected chi connectivity index (χ0v) is 19.0. The van der Waals surface area contributed by atoms with Gasteiger partial charge < -0.3 is 20.7 Å². The summed E-state index contributed by atoms with van der Waals surface area (Å²) in [5, 5.41) is 9.87. The number of rotatable bonds is 6. The van der Waals surface area contributed by atoms with Crippen LogP contribution >= 0.6 is 23.4 Å². The van der Waals surface area contributed by atoms with Crippen molar-refractivity contribution in [1.82, 2.24) is 10.6 Å². The van der Waals surface area contributed by atoms with Crippen molar-refractivity contribution < 1.29 is 18.7 Å². The molecule has 2 aromatic rings. The van der Waals surface area contributed by atoms with E-state index in [-0.39, 0.29) is 40.8 Å². The van der Waals surface area contributed by atoms with Gasteiger partial charge in [0, 0.05) is 33.8 Å². The molecule has 0 saturated heterocycles. The Morgan fingerprint density at radius 2 is 2.06 bits per heavy atom. The molecule has 9 heteroatoms. The molecule has 6 nitrogen and oxygen atoms in total. The number of thioether (sulfide) groups is 1. The Morgan fingerprint density at radius 3 is 2.84 bits per heavy atom. The first-order valence-electron chi connectivity index (χ1n) is 10.6. The highest BCUT2D eigenvalue weighted by Gasteiger charge is 2.57. The number of carbonyl (C=O) groups excluding carboxylic acids is 2. The number of hydrogen-bond acceptors (Lipinski definition) is 5. The minimum absolute atomic E-state index is 0.00439. The van der Waals surface area contributed by atoms with Gasteiger partial charge in [-0.3, -0.25) is 9.59 Å². The van der Waals surface area contributed by atoms with E-state index >= 15 is 0 Å². The van der Waals surface area contributed by atoms with Gasteiger partial charge in [0.05, 0.1) is 10.4 Å². The molecule has 2 amide bonds. The maximum atomic E-state index is 13.5. The Kier molecular flexibility index (Phi) is 5.45. The van der Waals surface area contributed by atoms with E-state index in [2.05, 4.69) is 22.9 Å². The van der Waals surface area contributed by atoms with Gasteiger partial charge >= 0.3 is 0 Å². The molecule has 6 rings (SSSR count). The summed E-state index contributed by atoms with van der Waals surface area (Å²) in [7, 11) is 0. The highest BCUT2D eigenvalue weighted by atomic mass is 35.5. The van der Waals surface area contributed by atoms with E-state index in [1.165, 1.54) is 12.1 Å². The summed E-state index contributed by atoms with van der Waals surface area (Å²) in [5.41, 5.74) is 1.45. The van der Waals surface area contributed by atoms with Crippen LogP contribution in [0.4, 0.5) is 10.1 Å². The van der Waals surface area contributed by atoms with E-state index in [4.69, 9.17) is 16.3 Å². The summed E-state index contributed by atoms with van der Waals surface area (Å²) in [5.74, 6) is -0.346. The first-order valence-corrected chi connectivity index (χ1v) is 11.8. The maximum absolute atomic E-state index is 13.5. The van der Waals surface area contributed by atoms with Crippen LogP contribution in [0.25, 0.3) is 0 Å². The van der Waals surface area contributed by atoms with Crippen molar-refractivity contribution in [2.75, 3.05) is 11.9 Å². The second kappa shape index (κ2) is 8.15. The Balaban J connectivity index is 1.13. The van der Waals surface area contributed by atoms with Gasteiger partial charge in [-0.15, -0.1) is 0 Å². The molecule has 1 aliphatic heterocycles. The van der Waals surface area contributed by atoms with Crippen molar-refractivity contribution in [3.05, 3.63) is 52.8 Å². The second-order valence-electron chi connectivity index (χ2n) is 8.76. The van der Waals surface area contributed by atoms with E-state index in [1.54, 1.807) is 11.8 Å². The average Bonchev–Trinajstić information content (AvgIpc) is 3.37. The summed E-state index contributed by atoms with van der Waals surface area (Å²) in [4.78, 5) is 26.3. The smallest absolute Gasteiger partial charge is 0.258 e. The lowest BCUT2D eigenvalue weighted by Gasteiger charge is -2.39. The van der Waals surface area contributed by atoms with Crippen LogP contribution in [0.5, 0.6) is 5.75 Å². The molecule has 1 heterocycles. The summed E-state index contributed by atoms with van der Waals surface area (Å²) in [6.07, 6.45) is 2.40. The predicted octanol–water partition coefficient (Wildman–Crippen LogP) is 4.19. The third kappa shape index (κ3) is 4.13. The van der Waals surface area contributed by atoms with E-state index < -0.39 is 5.82 Å². The number of anilines is 1. The van der Waals surface area contributed by atoms with Gasteiger partial charge in [0.2, 0.25) is 0 Å². The van der Waals surface area contributed by atoms with Crippen LogP contribution < -0.4 is 20.7 Å². The molecule has 3 N–H and O–H groups in total. The summed E-state index contributed by atoms with van der Waals surface area (Å²) in [6, 6.07) is 9.78. The Morgan fingerprint density at radius 1 is 1.25 bits per heavy atom. The van der Waals surface area contributed by atoms with Crippen molar-refractivity contribution in [1.29, 1.82) is 0 Å². The molecule has 2 bridgehead atoms. The van der Waals surface area contributed by atoms with Crippen LogP contribution in [0.3, 0.4) is 0 Å². The minimum Gasteiger partial charge on any atom is -0.484 e. The molecular formula is C23H23ClFN3O3S. The first-order chi connectivity index (χ1) is 15.3. The van der Waals surface area contributed by atoms with Gasteiger partial charge in [-0.2, -0.15) is 0 Å². The molecule has 0 aromatic heterocycles. The fourth-order valence-corrected chi connectivity index (χ4v) is 6.03. The molecule has 4 aliphatic rings. The van der Waals surface area contributed by atoms with Crippen molar-refractivity contribution in [3.8, 4) is 5.75 Å². The molecule has 3 fully saturated rings. The van der Waals surface area contributed by atoms with Gasteiger partial charge in [-0.25, -0.2) is 4.39 Å². The lowest BCUT2D eigenvalue weighted by Crippen LogP contribution is -2.51. The van der Waals surface area contributed by atoms with Crippen molar-refractivity contribution >= 4 is 40.9 Å². The third-order valence-electron chi connectivity index (χ3n) is 6.38. The monoisotopic (exact) mass is 475 g/mol. The van der Waals surface area contributed by atoms with E-state index in [1.807, 2.05) is 18.2 Å². The average molecular weight is 476 g/mol. The molecule has 0 radical (unpaired) electrons. The number of amides is 2. The number of halogens is 2. The topological polar surface area (TPSA) is 79.5 Å². The quantitative estimate of drug-likeness (QED) is 0.584. The van der Waals surface area contributed by atoms with E-state index in [0.29, 0.717) is 23.3 Å².